The van der Waals surface area contributed by atoms with E-state index < -0.39 is 22.0 Å². The Hall–Kier alpha value is -3.03. The fourth-order valence-electron chi connectivity index (χ4n) is 3.57. The second kappa shape index (κ2) is 11.1. The molecule has 184 valence electrons. The number of halogens is 2. The maximum atomic E-state index is 13.5. The van der Waals surface area contributed by atoms with E-state index in [1.807, 2.05) is 37.3 Å². The van der Waals surface area contributed by atoms with Crippen molar-refractivity contribution in [2.75, 3.05) is 12.8 Å². The largest absolute Gasteiger partial charge is 0.396 e. The van der Waals surface area contributed by atoms with E-state index in [4.69, 9.17) is 28.9 Å². The van der Waals surface area contributed by atoms with Crippen molar-refractivity contribution >= 4 is 44.8 Å². The first-order valence-electron chi connectivity index (χ1n) is 10.7. The van der Waals surface area contributed by atoms with Crippen LogP contribution in [-0.4, -0.2) is 36.9 Å². The zero-order valence-electron chi connectivity index (χ0n) is 19.2. The summed E-state index contributed by atoms with van der Waals surface area (Å²) >= 11 is 12.1. The summed E-state index contributed by atoms with van der Waals surface area (Å²) in [4.78, 5) is 14.8. The number of nitrogens with two attached hydrogens (primary N) is 1. The molecule has 2 aromatic carbocycles. The van der Waals surface area contributed by atoms with Gasteiger partial charge in [0.2, 0.25) is 15.9 Å². The number of sulfonamides is 1. The number of anilines is 1. The molecule has 0 aliphatic rings. The van der Waals surface area contributed by atoms with E-state index in [0.29, 0.717) is 5.69 Å². The minimum absolute atomic E-state index is 0.0124. The minimum atomic E-state index is -4.19. The van der Waals surface area contributed by atoms with Crippen LogP contribution in [0.15, 0.2) is 65.7 Å². The Morgan fingerprint density at radius 3 is 2.40 bits per heavy atom. The molecule has 11 heteroatoms. The molecule has 1 amide bonds. The van der Waals surface area contributed by atoms with Gasteiger partial charge in [0.25, 0.3) is 0 Å². The topological polar surface area (TPSA) is 121 Å². The van der Waals surface area contributed by atoms with Crippen molar-refractivity contribution in [1.82, 2.24) is 14.2 Å². The number of amides is 1. The van der Waals surface area contributed by atoms with E-state index in [1.165, 1.54) is 17.0 Å². The van der Waals surface area contributed by atoms with Crippen molar-refractivity contribution in [3.63, 3.8) is 0 Å². The maximum absolute atomic E-state index is 13.5. The van der Waals surface area contributed by atoms with Crippen molar-refractivity contribution in [2.45, 2.75) is 36.9 Å². The number of nitrogens with zero attached hydrogens (tertiary/aromatic N) is 3. The Morgan fingerprint density at radius 1 is 1.17 bits per heavy atom. The van der Waals surface area contributed by atoms with Crippen LogP contribution in [0.1, 0.15) is 30.6 Å². The molecule has 0 saturated carbocycles. The predicted molar refractivity (Wildman–Crippen MR) is 136 cm³/mol. The lowest BCUT2D eigenvalue weighted by molar-refractivity contribution is -0.133. The van der Waals surface area contributed by atoms with Crippen molar-refractivity contribution in [1.29, 1.82) is 5.26 Å². The number of carbonyl (C=O) groups excluding carboxylic acids is 1. The van der Waals surface area contributed by atoms with Gasteiger partial charge in [0.15, 0.2) is 0 Å². The first kappa shape index (κ1) is 26.6. The Balaban J connectivity index is 1.91. The highest BCUT2D eigenvalue weighted by Gasteiger charge is 2.31. The predicted octanol–water partition coefficient (Wildman–Crippen LogP) is 4.21. The summed E-state index contributed by atoms with van der Waals surface area (Å²) in [6.07, 6.45) is 1.80. The summed E-state index contributed by atoms with van der Waals surface area (Å²) in [6, 6.07) is 15.8. The average molecular weight is 534 g/mol. The van der Waals surface area contributed by atoms with E-state index in [-0.39, 0.29) is 39.6 Å². The third-order valence-electron chi connectivity index (χ3n) is 5.77. The molecule has 0 aliphatic carbocycles. The number of nitriles is 1. The van der Waals surface area contributed by atoms with Gasteiger partial charge in [-0.05, 0) is 43.2 Å². The number of rotatable bonds is 9. The van der Waals surface area contributed by atoms with Crippen molar-refractivity contribution in [3.05, 3.63) is 82.1 Å². The lowest BCUT2D eigenvalue weighted by atomic mass is 10.1. The van der Waals surface area contributed by atoms with Gasteiger partial charge in [-0.1, -0.05) is 53.5 Å². The second-order valence-corrected chi connectivity index (χ2v) is 10.5. The van der Waals surface area contributed by atoms with Gasteiger partial charge < -0.3 is 15.2 Å². The highest BCUT2D eigenvalue weighted by molar-refractivity contribution is 7.89. The summed E-state index contributed by atoms with van der Waals surface area (Å²) in [5, 5.41) is 9.26. The number of aromatic nitrogens is 1. The molecule has 0 bridgehead atoms. The Morgan fingerprint density at radius 2 is 1.80 bits per heavy atom. The number of hydrogen-bond donors (Lipinski definition) is 2. The Bertz CT molecular complexity index is 1330. The molecular weight excluding hydrogens is 509 g/mol. The first-order chi connectivity index (χ1) is 16.5. The van der Waals surface area contributed by atoms with Crippen LogP contribution < -0.4 is 10.5 Å². The Labute approximate surface area is 214 Å². The number of likely N-dealkylation sites (N-methyl/N-ethyl adjacent to an activating group) is 1. The summed E-state index contributed by atoms with van der Waals surface area (Å²) < 4.78 is 30.6. The average Bonchev–Trinajstić information content (AvgIpc) is 3.31. The van der Waals surface area contributed by atoms with Gasteiger partial charge in [-0.15, -0.1) is 0 Å². The molecule has 0 spiro atoms. The lowest BCUT2D eigenvalue weighted by Gasteiger charge is -2.30. The molecule has 35 heavy (non-hydrogen) atoms. The van der Waals surface area contributed by atoms with Crippen LogP contribution in [0.2, 0.25) is 10.0 Å². The number of nitrogen functional groups attached to an aromatic ring is 1. The first-order valence-corrected chi connectivity index (χ1v) is 12.9. The summed E-state index contributed by atoms with van der Waals surface area (Å²) in [5.74, 6) is -0.428. The van der Waals surface area contributed by atoms with Gasteiger partial charge in [-0.2, -0.15) is 9.98 Å². The number of benzene rings is 2. The fourth-order valence-corrected chi connectivity index (χ4v) is 5.47. The highest BCUT2D eigenvalue weighted by Crippen LogP contribution is 2.31. The molecule has 0 aliphatic heterocycles. The molecule has 3 N–H and O–H groups in total. The third kappa shape index (κ3) is 6.16. The van der Waals surface area contributed by atoms with Crippen molar-refractivity contribution in [3.8, 4) is 6.07 Å². The standard InChI is InChI=1S/C24H25Cl2N5O3S/c1-16(17-7-4-3-5-8-17)30(2)24(32)22(10-12-31-11-6-9-18(31)15-27)29-35(33,34)19-13-20(25)23(28)21(26)14-19/h3-9,11,13-14,16,22,29H,10,12,28H2,1-2H3/t16-,22?/m1/s1. The van der Waals surface area contributed by atoms with Gasteiger partial charge in [0.05, 0.1) is 26.7 Å². The summed E-state index contributed by atoms with van der Waals surface area (Å²) in [5.41, 5.74) is 7.10. The monoisotopic (exact) mass is 533 g/mol. The molecule has 3 aromatic rings. The molecule has 0 fully saturated rings. The quantitative estimate of drug-likeness (QED) is 0.399. The molecule has 0 saturated heterocycles. The third-order valence-corrected chi connectivity index (χ3v) is 7.85. The number of nitrogens with one attached hydrogen (secondary N) is 1. The number of hydrogen-bond acceptors (Lipinski definition) is 5. The second-order valence-electron chi connectivity index (χ2n) is 8.00. The van der Waals surface area contributed by atoms with Crippen LogP contribution in [0.3, 0.4) is 0 Å². The van der Waals surface area contributed by atoms with E-state index in [2.05, 4.69) is 10.8 Å². The molecule has 2 atom stereocenters. The van der Waals surface area contributed by atoms with Crippen LogP contribution in [0.25, 0.3) is 0 Å². The normalized spacial score (nSPS) is 13.1. The lowest BCUT2D eigenvalue weighted by Crippen LogP contribution is -2.48. The van der Waals surface area contributed by atoms with Crippen LogP contribution >= 0.6 is 23.2 Å². The molecule has 0 radical (unpaired) electrons. The molecule has 1 heterocycles. The van der Waals surface area contributed by atoms with Gasteiger partial charge in [0, 0.05) is 19.8 Å². The molecule has 1 aromatic heterocycles. The van der Waals surface area contributed by atoms with E-state index in [9.17, 15) is 18.5 Å². The van der Waals surface area contributed by atoms with Crippen LogP contribution in [0, 0.1) is 11.3 Å². The SMILES string of the molecule is C[C@H](c1ccccc1)N(C)C(=O)C(CCn1cccc1C#N)NS(=O)(=O)c1cc(Cl)c(N)c(Cl)c1. The number of carbonyl (C=O) groups is 1. The van der Waals surface area contributed by atoms with Crippen LogP contribution in [0.5, 0.6) is 0 Å². The van der Waals surface area contributed by atoms with Gasteiger partial charge in [-0.3, -0.25) is 4.79 Å². The molecule has 3 rings (SSSR count). The van der Waals surface area contributed by atoms with Crippen LogP contribution in [0.4, 0.5) is 5.69 Å². The summed E-state index contributed by atoms with van der Waals surface area (Å²) in [6.45, 7) is 2.10. The van der Waals surface area contributed by atoms with Gasteiger partial charge >= 0.3 is 0 Å². The zero-order chi connectivity index (χ0) is 25.8. The molecule has 8 nitrogen and oxygen atoms in total. The minimum Gasteiger partial charge on any atom is -0.396 e. The smallest absolute Gasteiger partial charge is 0.241 e. The summed E-state index contributed by atoms with van der Waals surface area (Å²) in [7, 11) is -2.57. The highest BCUT2D eigenvalue weighted by atomic mass is 35.5. The fraction of sp³-hybridized carbons (Fsp3) is 0.250. The van der Waals surface area contributed by atoms with Gasteiger partial charge in [-0.25, -0.2) is 8.42 Å². The Kier molecular flexibility index (Phi) is 8.46. The van der Waals surface area contributed by atoms with E-state index >= 15 is 0 Å². The van der Waals surface area contributed by atoms with Crippen molar-refractivity contribution < 1.29 is 13.2 Å². The van der Waals surface area contributed by atoms with E-state index in [1.54, 1.807) is 29.9 Å². The zero-order valence-corrected chi connectivity index (χ0v) is 21.5. The van der Waals surface area contributed by atoms with Crippen molar-refractivity contribution in [2.24, 2.45) is 0 Å². The molecular formula is C24H25Cl2N5O3S. The van der Waals surface area contributed by atoms with E-state index in [0.717, 1.165) is 5.56 Å². The number of aryl methyl sites for hydroxylation is 1. The maximum Gasteiger partial charge on any atom is 0.241 e. The molecule has 1 unspecified atom stereocenters. The van der Waals surface area contributed by atoms with Crippen LogP contribution in [-0.2, 0) is 21.4 Å². The van der Waals surface area contributed by atoms with Gasteiger partial charge in [0.1, 0.15) is 17.8 Å².